The molecule has 0 saturated carbocycles. The second-order valence-electron chi connectivity index (χ2n) is 14.9. The fourth-order valence-corrected chi connectivity index (χ4v) is 7.23. The summed E-state index contributed by atoms with van der Waals surface area (Å²) in [6, 6.07) is 3.33. The van der Waals surface area contributed by atoms with E-state index in [0.717, 1.165) is 36.8 Å². The van der Waals surface area contributed by atoms with E-state index in [4.69, 9.17) is 0 Å². The second kappa shape index (κ2) is 32.4. The van der Waals surface area contributed by atoms with Crippen LogP contribution in [0.2, 0.25) is 0 Å². The average Bonchev–Trinajstić information content (AvgIpc) is 3.07. The van der Waals surface area contributed by atoms with Crippen molar-refractivity contribution in [2.24, 2.45) is 0 Å². The van der Waals surface area contributed by atoms with E-state index in [1.54, 1.807) is 0 Å². The topological polar surface area (TPSA) is 74.6 Å². The van der Waals surface area contributed by atoms with Crippen LogP contribution in [-0.4, -0.2) is 22.2 Å². The molecule has 1 rings (SSSR count). The first-order valence-corrected chi connectivity index (χ1v) is 21.1. The lowest BCUT2D eigenvalue weighted by Crippen LogP contribution is -2.10. The molecule has 0 saturated heterocycles. The summed E-state index contributed by atoms with van der Waals surface area (Å²) in [6.07, 6.45) is 43.5. The summed E-state index contributed by atoms with van der Waals surface area (Å²) in [5, 5.41) is 19.7. The molecule has 4 nitrogen and oxygen atoms in total. The van der Waals surface area contributed by atoms with Crippen molar-refractivity contribution in [2.45, 2.75) is 232 Å². The van der Waals surface area contributed by atoms with Crippen molar-refractivity contribution in [3.8, 4) is 0 Å². The molecule has 278 valence electrons. The number of aromatic carboxylic acids is 2. The van der Waals surface area contributed by atoms with E-state index in [9.17, 15) is 19.8 Å². The van der Waals surface area contributed by atoms with Gasteiger partial charge in [-0.05, 0) is 42.9 Å². The highest BCUT2D eigenvalue weighted by atomic mass is 16.4. The van der Waals surface area contributed by atoms with Crippen molar-refractivity contribution >= 4 is 11.9 Å². The van der Waals surface area contributed by atoms with E-state index >= 15 is 0 Å². The highest BCUT2D eigenvalue weighted by molar-refractivity contribution is 5.96. The molecule has 0 aliphatic heterocycles. The molecule has 0 aliphatic rings. The predicted molar refractivity (Wildman–Crippen MR) is 207 cm³/mol. The van der Waals surface area contributed by atoms with E-state index < -0.39 is 11.9 Å². The highest BCUT2D eigenvalue weighted by Gasteiger charge is 2.18. The maximum atomic E-state index is 12.0. The van der Waals surface area contributed by atoms with Crippen molar-refractivity contribution in [1.82, 2.24) is 0 Å². The Morgan fingerprint density at radius 2 is 0.562 bits per heavy atom. The van der Waals surface area contributed by atoms with Gasteiger partial charge in [-0.15, -0.1) is 0 Å². The number of carbonyl (C=O) groups is 2. The number of hydrogen-bond acceptors (Lipinski definition) is 2. The molecule has 4 heteroatoms. The molecule has 2 N–H and O–H groups in total. The van der Waals surface area contributed by atoms with Crippen LogP contribution >= 0.6 is 0 Å². The molecule has 0 unspecified atom stereocenters. The Morgan fingerprint density at radius 3 is 0.771 bits per heavy atom. The third-order valence-corrected chi connectivity index (χ3v) is 10.4. The van der Waals surface area contributed by atoms with E-state index in [2.05, 4.69) is 13.8 Å². The quantitative estimate of drug-likeness (QED) is 0.0697. The molecule has 0 aliphatic carbocycles. The smallest absolute Gasteiger partial charge is 0.335 e. The summed E-state index contributed by atoms with van der Waals surface area (Å²) in [5.41, 5.74) is 1.96. The van der Waals surface area contributed by atoms with Crippen LogP contribution in [0.1, 0.15) is 251 Å². The van der Waals surface area contributed by atoms with Gasteiger partial charge in [0.05, 0.1) is 11.1 Å². The first-order chi connectivity index (χ1) is 23.5. The zero-order valence-corrected chi connectivity index (χ0v) is 31.9. The standard InChI is InChI=1S/C44H78O4/c1-3-5-7-9-11-13-15-17-19-21-23-25-27-29-31-33-35-39-37-40(42(44(47)48)38-41(39)43(45)46)36-34-32-30-28-26-24-22-20-18-16-14-12-10-8-6-4-2/h37-38H,3-36H2,1-2H3,(H,45,46)(H,47,48). The number of unbranched alkanes of at least 4 members (excludes halogenated alkanes) is 30. The SMILES string of the molecule is CCCCCCCCCCCCCCCCCCc1cc(CCCCCCCCCCCCCCCCCC)c(C(=O)O)cc1C(=O)O. The van der Waals surface area contributed by atoms with Gasteiger partial charge >= 0.3 is 11.9 Å². The molecule has 0 radical (unpaired) electrons. The van der Waals surface area contributed by atoms with Crippen LogP contribution in [-0.2, 0) is 12.8 Å². The summed E-state index contributed by atoms with van der Waals surface area (Å²) >= 11 is 0. The van der Waals surface area contributed by atoms with Gasteiger partial charge in [-0.2, -0.15) is 0 Å². The summed E-state index contributed by atoms with van der Waals surface area (Å²) in [5.74, 6) is -2.03. The molecule has 0 amide bonds. The van der Waals surface area contributed by atoms with Crippen LogP contribution in [0.3, 0.4) is 0 Å². The third-order valence-electron chi connectivity index (χ3n) is 10.4. The van der Waals surface area contributed by atoms with Gasteiger partial charge in [0.15, 0.2) is 0 Å². The van der Waals surface area contributed by atoms with Crippen LogP contribution in [0, 0.1) is 0 Å². The number of rotatable bonds is 36. The van der Waals surface area contributed by atoms with Crippen molar-refractivity contribution in [3.05, 3.63) is 34.4 Å². The molecule has 0 aromatic heterocycles. The minimum Gasteiger partial charge on any atom is -0.478 e. The maximum absolute atomic E-state index is 12.0. The van der Waals surface area contributed by atoms with Crippen LogP contribution < -0.4 is 0 Å². The molecule has 48 heavy (non-hydrogen) atoms. The Balaban J connectivity index is 2.22. The number of hydrogen-bond donors (Lipinski definition) is 2. The molecule has 0 atom stereocenters. The van der Waals surface area contributed by atoms with Gasteiger partial charge in [0, 0.05) is 0 Å². The lowest BCUT2D eigenvalue weighted by molar-refractivity contribution is 0.0695. The Hall–Kier alpha value is -1.84. The summed E-state index contributed by atoms with van der Waals surface area (Å²) < 4.78 is 0. The van der Waals surface area contributed by atoms with Gasteiger partial charge in [0.1, 0.15) is 0 Å². The third kappa shape index (κ3) is 24.3. The predicted octanol–water partition coefficient (Wildman–Crippen LogP) is 14.7. The summed E-state index contributed by atoms with van der Waals surface area (Å²) in [6.45, 7) is 4.55. The van der Waals surface area contributed by atoms with Gasteiger partial charge in [-0.3, -0.25) is 0 Å². The monoisotopic (exact) mass is 671 g/mol. The fourth-order valence-electron chi connectivity index (χ4n) is 7.23. The van der Waals surface area contributed by atoms with Gasteiger partial charge in [0.2, 0.25) is 0 Å². The van der Waals surface area contributed by atoms with E-state index in [1.165, 1.54) is 186 Å². The largest absolute Gasteiger partial charge is 0.478 e. The van der Waals surface area contributed by atoms with Gasteiger partial charge < -0.3 is 10.2 Å². The highest BCUT2D eigenvalue weighted by Crippen LogP contribution is 2.23. The molecule has 0 spiro atoms. The zero-order valence-electron chi connectivity index (χ0n) is 31.9. The Labute approximate surface area is 297 Å². The van der Waals surface area contributed by atoms with Gasteiger partial charge in [-0.1, -0.05) is 213 Å². The molecular formula is C44H78O4. The molecule has 0 fully saturated rings. The Bertz CT molecular complexity index is 838. The lowest BCUT2D eigenvalue weighted by atomic mass is 9.92. The van der Waals surface area contributed by atoms with E-state index in [-0.39, 0.29) is 11.1 Å². The van der Waals surface area contributed by atoms with E-state index in [1.807, 2.05) is 6.07 Å². The van der Waals surface area contributed by atoms with Crippen molar-refractivity contribution in [3.63, 3.8) is 0 Å². The number of carboxylic acid groups (broad SMARTS) is 2. The maximum Gasteiger partial charge on any atom is 0.335 e. The van der Waals surface area contributed by atoms with Crippen LogP contribution in [0.4, 0.5) is 0 Å². The summed E-state index contributed by atoms with van der Waals surface area (Å²) in [4.78, 5) is 24.0. The fraction of sp³-hybridized carbons (Fsp3) is 0.818. The second-order valence-corrected chi connectivity index (χ2v) is 14.9. The van der Waals surface area contributed by atoms with E-state index in [0.29, 0.717) is 12.8 Å². The number of aryl methyl sites for hydroxylation is 2. The van der Waals surface area contributed by atoms with Crippen LogP contribution in [0.15, 0.2) is 12.1 Å². The van der Waals surface area contributed by atoms with Crippen molar-refractivity contribution in [2.75, 3.05) is 0 Å². The Kier molecular flexibility index (Phi) is 29.8. The molecule has 1 aromatic carbocycles. The number of benzene rings is 1. The van der Waals surface area contributed by atoms with Crippen LogP contribution in [0.5, 0.6) is 0 Å². The Morgan fingerprint density at radius 1 is 0.354 bits per heavy atom. The molecule has 0 heterocycles. The summed E-state index contributed by atoms with van der Waals surface area (Å²) in [7, 11) is 0. The van der Waals surface area contributed by atoms with Gasteiger partial charge in [-0.25, -0.2) is 9.59 Å². The van der Waals surface area contributed by atoms with Crippen molar-refractivity contribution < 1.29 is 19.8 Å². The number of carboxylic acids is 2. The lowest BCUT2D eigenvalue weighted by Gasteiger charge is -2.13. The van der Waals surface area contributed by atoms with Crippen LogP contribution in [0.25, 0.3) is 0 Å². The zero-order chi connectivity index (χ0) is 34.9. The first kappa shape index (κ1) is 44.2. The minimum atomic E-state index is -1.02. The molecule has 0 bridgehead atoms. The van der Waals surface area contributed by atoms with Gasteiger partial charge in [0.25, 0.3) is 0 Å². The molecular weight excluding hydrogens is 592 g/mol. The minimum absolute atomic E-state index is 0.170. The normalized spacial score (nSPS) is 11.4. The van der Waals surface area contributed by atoms with Crippen molar-refractivity contribution in [1.29, 1.82) is 0 Å². The first-order valence-electron chi connectivity index (χ1n) is 21.1. The molecule has 1 aromatic rings. The average molecular weight is 671 g/mol.